The first-order valence-electron chi connectivity index (χ1n) is 3.78. The predicted molar refractivity (Wildman–Crippen MR) is 50.3 cm³/mol. The fourth-order valence-corrected chi connectivity index (χ4v) is 0.964. The molecular weight excluding hydrogens is 215 g/mol. The topological polar surface area (TPSA) is 12.4 Å². The molecule has 0 amide bonds. The summed E-state index contributed by atoms with van der Waals surface area (Å²) in [5, 5.41) is 0.205. The summed E-state index contributed by atoms with van der Waals surface area (Å²) in [6, 6.07) is 6.13. The van der Waals surface area contributed by atoms with Crippen LogP contribution < -0.4 is 0 Å². The normalized spacial score (nSPS) is 13.1. The van der Waals surface area contributed by atoms with Crippen LogP contribution in [0.3, 0.4) is 0 Å². The Morgan fingerprint density at radius 2 is 1.86 bits per heavy atom. The molecule has 0 heterocycles. The molecule has 0 aromatic heterocycles. The van der Waals surface area contributed by atoms with Crippen molar-refractivity contribution in [3.05, 3.63) is 29.3 Å². The van der Waals surface area contributed by atoms with Gasteiger partial charge < -0.3 is 0 Å². The van der Waals surface area contributed by atoms with Crippen molar-refractivity contribution in [1.82, 2.24) is 0 Å². The lowest BCUT2D eigenvalue weighted by Gasteiger charge is -2.05. The zero-order chi connectivity index (χ0) is 10.8. The maximum atomic E-state index is 12.1. The maximum absolute atomic E-state index is 12.1. The smallest absolute Gasteiger partial charge is 0.247 e. The zero-order valence-electron chi connectivity index (χ0n) is 7.27. The van der Waals surface area contributed by atoms with Gasteiger partial charge in [-0.05, 0) is 19.1 Å². The van der Waals surface area contributed by atoms with Gasteiger partial charge in [-0.25, -0.2) is 4.99 Å². The van der Waals surface area contributed by atoms with Crippen LogP contribution in [0.4, 0.5) is 18.9 Å². The molecule has 0 aliphatic rings. The molecule has 0 unspecified atom stereocenters. The van der Waals surface area contributed by atoms with Crippen LogP contribution in [-0.2, 0) is 0 Å². The highest BCUT2D eigenvalue weighted by molar-refractivity contribution is 6.33. The largest absolute Gasteiger partial charge is 0.429 e. The van der Waals surface area contributed by atoms with Crippen molar-refractivity contribution in [1.29, 1.82) is 0 Å². The van der Waals surface area contributed by atoms with Crippen LogP contribution >= 0.6 is 11.6 Å². The molecule has 0 radical (unpaired) electrons. The van der Waals surface area contributed by atoms with E-state index in [1.165, 1.54) is 12.1 Å². The van der Waals surface area contributed by atoms with E-state index in [1.807, 2.05) is 0 Å². The van der Waals surface area contributed by atoms with E-state index in [4.69, 9.17) is 11.6 Å². The van der Waals surface area contributed by atoms with Crippen molar-refractivity contribution in [2.75, 3.05) is 0 Å². The summed E-state index contributed by atoms with van der Waals surface area (Å²) in [5.74, 6) is 0. The summed E-state index contributed by atoms with van der Waals surface area (Å²) in [6.07, 6.45) is -4.40. The van der Waals surface area contributed by atoms with E-state index in [9.17, 15) is 13.2 Å². The molecule has 0 saturated heterocycles. The molecule has 1 nitrogen and oxygen atoms in total. The molecule has 0 bridgehead atoms. The fraction of sp³-hybridized carbons (Fsp3) is 0.222. The Bertz CT molecular complexity index is 357. The average molecular weight is 222 g/mol. The van der Waals surface area contributed by atoms with Gasteiger partial charge in [-0.1, -0.05) is 23.7 Å². The van der Waals surface area contributed by atoms with E-state index in [2.05, 4.69) is 4.99 Å². The number of hydrogen-bond acceptors (Lipinski definition) is 1. The molecule has 0 atom stereocenters. The van der Waals surface area contributed by atoms with Crippen molar-refractivity contribution in [3.63, 3.8) is 0 Å². The molecule has 76 valence electrons. The minimum absolute atomic E-state index is 0.129. The van der Waals surface area contributed by atoms with Gasteiger partial charge in [0.15, 0.2) is 0 Å². The molecule has 0 aliphatic carbocycles. The van der Waals surface area contributed by atoms with Gasteiger partial charge in [0.1, 0.15) is 5.71 Å². The van der Waals surface area contributed by atoms with Crippen molar-refractivity contribution < 1.29 is 13.2 Å². The number of halogens is 4. The molecular formula is C9H7ClF3N. The van der Waals surface area contributed by atoms with Crippen LogP contribution in [0.5, 0.6) is 0 Å². The molecule has 1 rings (SSSR count). The number of nitrogens with zero attached hydrogens (tertiary/aromatic N) is 1. The van der Waals surface area contributed by atoms with E-state index < -0.39 is 11.9 Å². The second-order valence-corrected chi connectivity index (χ2v) is 3.05. The fourth-order valence-electron chi connectivity index (χ4n) is 0.786. The third kappa shape index (κ3) is 2.73. The van der Waals surface area contributed by atoms with Crippen LogP contribution in [0, 0.1) is 0 Å². The Labute approximate surface area is 84.2 Å². The third-order valence-corrected chi connectivity index (χ3v) is 1.87. The number of rotatable bonds is 1. The minimum Gasteiger partial charge on any atom is -0.247 e. The van der Waals surface area contributed by atoms with E-state index >= 15 is 0 Å². The van der Waals surface area contributed by atoms with E-state index in [-0.39, 0.29) is 10.7 Å². The van der Waals surface area contributed by atoms with Gasteiger partial charge in [0.2, 0.25) is 0 Å². The second-order valence-electron chi connectivity index (χ2n) is 2.65. The predicted octanol–water partition coefficient (Wildman–Crippen LogP) is 3.99. The molecule has 0 N–H and O–H groups in total. The quantitative estimate of drug-likeness (QED) is 0.636. The molecule has 1 aromatic rings. The molecule has 0 aliphatic heterocycles. The van der Waals surface area contributed by atoms with Crippen molar-refractivity contribution in [3.8, 4) is 0 Å². The maximum Gasteiger partial charge on any atom is 0.429 e. The standard InChI is InChI=1S/C9H7ClF3N/c1-6(9(11,12)13)14-8-5-3-2-4-7(8)10/h2-5H,1H3. The number of benzene rings is 1. The van der Waals surface area contributed by atoms with Gasteiger partial charge in [0, 0.05) is 0 Å². The Kier molecular flexibility index (Phi) is 3.16. The first kappa shape index (κ1) is 11.0. The van der Waals surface area contributed by atoms with Crippen molar-refractivity contribution >= 4 is 23.0 Å². The summed E-state index contributed by atoms with van der Waals surface area (Å²) in [4.78, 5) is 3.39. The monoisotopic (exact) mass is 221 g/mol. The highest BCUT2D eigenvalue weighted by Crippen LogP contribution is 2.27. The molecule has 0 fully saturated rings. The minimum atomic E-state index is -4.40. The van der Waals surface area contributed by atoms with E-state index in [0.29, 0.717) is 0 Å². The first-order valence-corrected chi connectivity index (χ1v) is 4.16. The zero-order valence-corrected chi connectivity index (χ0v) is 8.02. The Morgan fingerprint density at radius 1 is 1.29 bits per heavy atom. The lowest BCUT2D eigenvalue weighted by molar-refractivity contribution is -0.0591. The molecule has 5 heteroatoms. The van der Waals surface area contributed by atoms with Gasteiger partial charge in [-0.15, -0.1) is 0 Å². The first-order chi connectivity index (χ1) is 6.41. The molecule has 14 heavy (non-hydrogen) atoms. The Morgan fingerprint density at radius 3 is 2.36 bits per heavy atom. The van der Waals surface area contributed by atoms with Crippen LogP contribution in [0.1, 0.15) is 6.92 Å². The third-order valence-electron chi connectivity index (χ3n) is 1.55. The van der Waals surface area contributed by atoms with E-state index in [0.717, 1.165) is 6.92 Å². The molecule has 0 saturated carbocycles. The number of para-hydroxylation sites is 1. The summed E-state index contributed by atoms with van der Waals surface area (Å²) in [7, 11) is 0. The number of aliphatic imine (C=N–C) groups is 1. The van der Waals surface area contributed by atoms with Gasteiger partial charge in [-0.3, -0.25) is 0 Å². The highest BCUT2D eigenvalue weighted by Gasteiger charge is 2.31. The average Bonchev–Trinajstić information content (AvgIpc) is 2.07. The number of hydrogen-bond donors (Lipinski definition) is 0. The summed E-state index contributed by atoms with van der Waals surface area (Å²) in [5.41, 5.74) is -0.783. The summed E-state index contributed by atoms with van der Waals surface area (Å²) >= 11 is 5.64. The lowest BCUT2D eigenvalue weighted by Crippen LogP contribution is -2.18. The van der Waals surface area contributed by atoms with Gasteiger partial charge in [0.25, 0.3) is 0 Å². The van der Waals surface area contributed by atoms with Crippen LogP contribution in [0.25, 0.3) is 0 Å². The second kappa shape index (κ2) is 4.00. The van der Waals surface area contributed by atoms with Gasteiger partial charge in [0.05, 0.1) is 10.7 Å². The van der Waals surface area contributed by atoms with Crippen molar-refractivity contribution in [2.45, 2.75) is 13.1 Å². The van der Waals surface area contributed by atoms with Gasteiger partial charge >= 0.3 is 6.18 Å². The lowest BCUT2D eigenvalue weighted by atomic mass is 10.3. The summed E-state index contributed by atoms with van der Waals surface area (Å²) < 4.78 is 36.3. The Balaban J connectivity index is 3.04. The van der Waals surface area contributed by atoms with Crippen molar-refractivity contribution in [2.24, 2.45) is 4.99 Å². The van der Waals surface area contributed by atoms with E-state index in [1.54, 1.807) is 12.1 Å². The highest BCUT2D eigenvalue weighted by atomic mass is 35.5. The van der Waals surface area contributed by atoms with Crippen LogP contribution in [0.15, 0.2) is 29.3 Å². The van der Waals surface area contributed by atoms with Crippen LogP contribution in [0.2, 0.25) is 5.02 Å². The number of alkyl halides is 3. The Hall–Kier alpha value is -1.03. The molecule has 0 spiro atoms. The summed E-state index contributed by atoms with van der Waals surface area (Å²) in [6.45, 7) is 0.906. The van der Waals surface area contributed by atoms with Gasteiger partial charge in [-0.2, -0.15) is 13.2 Å². The molecule has 1 aromatic carbocycles. The SMILES string of the molecule is CC(=Nc1ccccc1Cl)C(F)(F)F. The van der Waals surface area contributed by atoms with Crippen LogP contribution in [-0.4, -0.2) is 11.9 Å².